The van der Waals surface area contributed by atoms with Crippen LogP contribution in [0.1, 0.15) is 11.1 Å². The van der Waals surface area contributed by atoms with Gasteiger partial charge in [0.25, 0.3) is 10.0 Å². The van der Waals surface area contributed by atoms with E-state index in [1.165, 1.54) is 0 Å². The summed E-state index contributed by atoms with van der Waals surface area (Å²) in [7, 11) is -3.93. The molecular weight excluding hydrogens is 448 g/mol. The second-order valence-electron chi connectivity index (χ2n) is 7.29. The minimum Gasteiger partial charge on any atom is -0.490 e. The van der Waals surface area contributed by atoms with Gasteiger partial charge in [0.1, 0.15) is 18.9 Å². The molecule has 0 aliphatic carbocycles. The number of nitrogens with one attached hydrogen (secondary N) is 1. The van der Waals surface area contributed by atoms with Gasteiger partial charge < -0.3 is 10.1 Å². The summed E-state index contributed by atoms with van der Waals surface area (Å²) in [5.41, 5.74) is 2.35. The van der Waals surface area contributed by atoms with Crippen LogP contribution < -0.4 is 14.4 Å². The number of amides is 1. The number of nitrogens with zero attached hydrogens (tertiary/aromatic N) is 1. The standard InChI is InChI=1S/C24H25ClN2O4S/c1-18-7-11-20(12-8-18)27(32(29,30)21-13-9-19(2)10-14-21)17-24(28)26-15-16-31-23-6-4-3-5-22(23)25/h3-14H,15-17H2,1-2H3,(H,26,28). The SMILES string of the molecule is Cc1ccc(N(CC(=O)NCCOc2ccccc2Cl)S(=O)(=O)c2ccc(C)cc2)cc1. The molecule has 0 bridgehead atoms. The third-order valence-corrected chi connectivity index (χ3v) is 6.84. The molecule has 32 heavy (non-hydrogen) atoms. The maximum absolute atomic E-state index is 13.3. The zero-order chi connectivity index (χ0) is 23.1. The van der Waals surface area contributed by atoms with Gasteiger partial charge >= 0.3 is 0 Å². The highest BCUT2D eigenvalue weighted by Crippen LogP contribution is 2.25. The van der Waals surface area contributed by atoms with E-state index in [-0.39, 0.29) is 24.6 Å². The Morgan fingerprint density at radius 3 is 2.16 bits per heavy atom. The molecule has 6 nitrogen and oxygen atoms in total. The fraction of sp³-hybridized carbons (Fsp3) is 0.208. The second kappa shape index (κ2) is 10.5. The summed E-state index contributed by atoms with van der Waals surface area (Å²) in [6.07, 6.45) is 0. The van der Waals surface area contributed by atoms with Crippen molar-refractivity contribution in [3.63, 3.8) is 0 Å². The molecule has 0 aliphatic rings. The molecule has 0 unspecified atom stereocenters. The molecule has 0 aliphatic heterocycles. The third kappa shape index (κ3) is 6.02. The van der Waals surface area contributed by atoms with Gasteiger partial charge in [0.2, 0.25) is 5.91 Å². The van der Waals surface area contributed by atoms with Crippen molar-refractivity contribution >= 4 is 33.2 Å². The Hall–Kier alpha value is -3.03. The van der Waals surface area contributed by atoms with E-state index < -0.39 is 15.9 Å². The van der Waals surface area contributed by atoms with Gasteiger partial charge in [-0.3, -0.25) is 9.10 Å². The molecule has 1 N–H and O–H groups in total. The molecule has 0 spiro atoms. The van der Waals surface area contributed by atoms with Crippen molar-refractivity contribution in [2.75, 3.05) is 24.0 Å². The van der Waals surface area contributed by atoms with E-state index >= 15 is 0 Å². The van der Waals surface area contributed by atoms with E-state index in [2.05, 4.69) is 5.32 Å². The largest absolute Gasteiger partial charge is 0.490 e. The maximum atomic E-state index is 13.3. The lowest BCUT2D eigenvalue weighted by Crippen LogP contribution is -2.41. The first kappa shape index (κ1) is 23.6. The van der Waals surface area contributed by atoms with Crippen molar-refractivity contribution in [3.05, 3.63) is 88.9 Å². The van der Waals surface area contributed by atoms with Gasteiger partial charge in [0.05, 0.1) is 22.2 Å². The minimum atomic E-state index is -3.93. The van der Waals surface area contributed by atoms with Crippen molar-refractivity contribution < 1.29 is 17.9 Å². The van der Waals surface area contributed by atoms with Crippen molar-refractivity contribution in [3.8, 4) is 5.75 Å². The summed E-state index contributed by atoms with van der Waals surface area (Å²) in [5, 5.41) is 3.18. The molecule has 168 valence electrons. The summed E-state index contributed by atoms with van der Waals surface area (Å²) in [4.78, 5) is 12.7. The van der Waals surface area contributed by atoms with Gasteiger partial charge in [-0.05, 0) is 50.2 Å². The van der Waals surface area contributed by atoms with Gasteiger partial charge in [-0.2, -0.15) is 0 Å². The van der Waals surface area contributed by atoms with E-state index in [0.717, 1.165) is 15.4 Å². The van der Waals surface area contributed by atoms with Crippen LogP contribution in [0.5, 0.6) is 5.75 Å². The molecule has 0 saturated carbocycles. The summed E-state index contributed by atoms with van der Waals surface area (Å²) < 4.78 is 33.3. The molecule has 0 aromatic heterocycles. The highest BCUT2D eigenvalue weighted by molar-refractivity contribution is 7.92. The lowest BCUT2D eigenvalue weighted by Gasteiger charge is -2.24. The zero-order valence-corrected chi connectivity index (χ0v) is 19.5. The number of hydrogen-bond donors (Lipinski definition) is 1. The average Bonchev–Trinajstić information content (AvgIpc) is 2.77. The number of rotatable bonds is 9. The first-order valence-electron chi connectivity index (χ1n) is 10.1. The van der Waals surface area contributed by atoms with Gasteiger partial charge in [-0.15, -0.1) is 0 Å². The third-order valence-electron chi connectivity index (χ3n) is 4.74. The summed E-state index contributed by atoms with van der Waals surface area (Å²) in [6, 6.07) is 20.6. The van der Waals surface area contributed by atoms with Crippen LogP contribution in [0.2, 0.25) is 5.02 Å². The van der Waals surface area contributed by atoms with E-state index in [4.69, 9.17) is 16.3 Å². The molecule has 0 heterocycles. The van der Waals surface area contributed by atoms with Crippen LogP contribution in [0.3, 0.4) is 0 Å². The molecule has 3 rings (SSSR count). The number of hydrogen-bond acceptors (Lipinski definition) is 4. The normalized spacial score (nSPS) is 11.1. The second-order valence-corrected chi connectivity index (χ2v) is 9.56. The fourth-order valence-electron chi connectivity index (χ4n) is 2.96. The number of anilines is 1. The van der Waals surface area contributed by atoms with E-state index in [0.29, 0.717) is 16.5 Å². The Morgan fingerprint density at radius 2 is 1.53 bits per heavy atom. The molecular formula is C24H25ClN2O4S. The molecule has 3 aromatic carbocycles. The fourth-order valence-corrected chi connectivity index (χ4v) is 4.57. The first-order valence-corrected chi connectivity index (χ1v) is 11.9. The number of benzene rings is 3. The van der Waals surface area contributed by atoms with Crippen LogP contribution in [-0.2, 0) is 14.8 Å². The smallest absolute Gasteiger partial charge is 0.264 e. The van der Waals surface area contributed by atoms with Gasteiger partial charge in [0, 0.05) is 0 Å². The number of ether oxygens (including phenoxy) is 1. The number of carbonyl (C=O) groups is 1. The van der Waals surface area contributed by atoms with Crippen molar-refractivity contribution in [2.24, 2.45) is 0 Å². The van der Waals surface area contributed by atoms with Gasteiger partial charge in [0.15, 0.2) is 0 Å². The van der Waals surface area contributed by atoms with Crippen LogP contribution in [0.15, 0.2) is 77.7 Å². The number of sulfonamides is 1. The van der Waals surface area contributed by atoms with Crippen molar-refractivity contribution in [2.45, 2.75) is 18.7 Å². The molecule has 8 heteroatoms. The quantitative estimate of drug-likeness (QED) is 0.470. The molecule has 0 radical (unpaired) electrons. The Bertz CT molecular complexity index is 1160. The lowest BCUT2D eigenvalue weighted by molar-refractivity contribution is -0.119. The zero-order valence-electron chi connectivity index (χ0n) is 17.9. The van der Waals surface area contributed by atoms with Crippen LogP contribution in [0.25, 0.3) is 0 Å². The van der Waals surface area contributed by atoms with E-state index in [9.17, 15) is 13.2 Å². The van der Waals surface area contributed by atoms with E-state index in [1.54, 1.807) is 60.7 Å². The molecule has 0 fully saturated rings. The summed E-state index contributed by atoms with van der Waals surface area (Å²) >= 11 is 6.05. The number of aryl methyl sites for hydroxylation is 2. The highest BCUT2D eigenvalue weighted by atomic mass is 35.5. The van der Waals surface area contributed by atoms with Crippen LogP contribution in [0, 0.1) is 13.8 Å². The van der Waals surface area contributed by atoms with E-state index in [1.807, 2.05) is 26.0 Å². The van der Waals surface area contributed by atoms with Crippen LogP contribution >= 0.6 is 11.6 Å². The lowest BCUT2D eigenvalue weighted by atomic mass is 10.2. The predicted octanol–water partition coefficient (Wildman–Crippen LogP) is 4.35. The molecule has 0 atom stereocenters. The monoisotopic (exact) mass is 472 g/mol. The summed E-state index contributed by atoms with van der Waals surface area (Å²) in [5.74, 6) is 0.0793. The average molecular weight is 473 g/mol. The maximum Gasteiger partial charge on any atom is 0.264 e. The first-order chi connectivity index (χ1) is 15.3. The van der Waals surface area contributed by atoms with Crippen LogP contribution in [0.4, 0.5) is 5.69 Å². The minimum absolute atomic E-state index is 0.124. The molecule has 3 aromatic rings. The Balaban J connectivity index is 1.71. The molecule has 0 saturated heterocycles. The van der Waals surface area contributed by atoms with Gasteiger partial charge in [-0.25, -0.2) is 8.42 Å². The molecule has 1 amide bonds. The van der Waals surface area contributed by atoms with Crippen molar-refractivity contribution in [1.82, 2.24) is 5.32 Å². The van der Waals surface area contributed by atoms with Gasteiger partial charge in [-0.1, -0.05) is 59.1 Å². The highest BCUT2D eigenvalue weighted by Gasteiger charge is 2.27. The Kier molecular flexibility index (Phi) is 7.77. The Morgan fingerprint density at radius 1 is 0.938 bits per heavy atom. The van der Waals surface area contributed by atoms with Crippen molar-refractivity contribution in [1.29, 1.82) is 0 Å². The number of halogens is 1. The van der Waals surface area contributed by atoms with Crippen LogP contribution in [-0.4, -0.2) is 34.0 Å². The summed E-state index contributed by atoms with van der Waals surface area (Å²) in [6.45, 7) is 3.84. The predicted molar refractivity (Wildman–Crippen MR) is 127 cm³/mol. The number of carbonyl (C=O) groups excluding carboxylic acids is 1. The Labute approximate surface area is 193 Å². The number of para-hydroxylation sites is 1. The topological polar surface area (TPSA) is 75.7 Å².